The molecular formula is C10H12N2O5. The molecule has 0 aliphatic carbocycles. The second-order valence-corrected chi connectivity index (χ2v) is 3.10. The van der Waals surface area contributed by atoms with Crippen molar-refractivity contribution < 1.29 is 19.2 Å². The molecule has 0 saturated carbocycles. The first-order chi connectivity index (χ1) is 8.08. The number of nitrogens with zero attached hydrogens (tertiary/aromatic N) is 2. The number of nitro groups is 1. The van der Waals surface area contributed by atoms with Crippen LogP contribution < -0.4 is 4.74 Å². The zero-order valence-corrected chi connectivity index (χ0v) is 9.50. The lowest BCUT2D eigenvalue weighted by Gasteiger charge is -2.06. The van der Waals surface area contributed by atoms with Gasteiger partial charge in [0.05, 0.1) is 25.1 Å². The van der Waals surface area contributed by atoms with Gasteiger partial charge in [-0.2, -0.15) is 0 Å². The maximum absolute atomic E-state index is 11.3. The highest BCUT2D eigenvalue weighted by Crippen LogP contribution is 2.21. The average Bonchev–Trinajstić information content (AvgIpc) is 2.29. The molecule has 7 heteroatoms. The van der Waals surface area contributed by atoms with Crippen LogP contribution in [0.15, 0.2) is 12.3 Å². The third kappa shape index (κ3) is 3.40. The molecule has 0 atom stereocenters. The van der Waals surface area contributed by atoms with Crippen molar-refractivity contribution in [2.45, 2.75) is 13.3 Å². The molecule has 1 aromatic heterocycles. The standard InChI is InChI=1S/C10H12N2O5/c1-3-17-9(13)5-7-4-8(12(14)15)6-11-10(7)16-2/h4,6H,3,5H2,1-2H3. The number of esters is 1. The Morgan fingerprint density at radius 1 is 1.59 bits per heavy atom. The van der Waals surface area contributed by atoms with Gasteiger partial charge in [0.25, 0.3) is 5.69 Å². The Morgan fingerprint density at radius 2 is 2.29 bits per heavy atom. The van der Waals surface area contributed by atoms with E-state index in [1.807, 2.05) is 0 Å². The summed E-state index contributed by atoms with van der Waals surface area (Å²) in [6, 6.07) is 1.25. The lowest BCUT2D eigenvalue weighted by Crippen LogP contribution is -2.09. The summed E-state index contributed by atoms with van der Waals surface area (Å²) < 4.78 is 9.67. The van der Waals surface area contributed by atoms with Crippen molar-refractivity contribution in [3.8, 4) is 5.88 Å². The highest BCUT2D eigenvalue weighted by molar-refractivity contribution is 5.73. The second kappa shape index (κ2) is 5.78. The van der Waals surface area contributed by atoms with Gasteiger partial charge in [0.2, 0.25) is 5.88 Å². The summed E-state index contributed by atoms with van der Waals surface area (Å²) in [6.07, 6.45) is 0.971. The first kappa shape index (κ1) is 12.9. The van der Waals surface area contributed by atoms with Crippen molar-refractivity contribution in [2.75, 3.05) is 13.7 Å². The topological polar surface area (TPSA) is 91.6 Å². The Bertz CT molecular complexity index is 433. The fourth-order valence-corrected chi connectivity index (χ4v) is 1.26. The summed E-state index contributed by atoms with van der Waals surface area (Å²) in [5.41, 5.74) is 0.144. The van der Waals surface area contributed by atoms with Crippen LogP contribution in [0.5, 0.6) is 5.88 Å². The van der Waals surface area contributed by atoms with Gasteiger partial charge in [-0.3, -0.25) is 14.9 Å². The largest absolute Gasteiger partial charge is 0.481 e. The van der Waals surface area contributed by atoms with E-state index >= 15 is 0 Å². The number of carbonyl (C=O) groups excluding carboxylic acids is 1. The van der Waals surface area contributed by atoms with Crippen LogP contribution in [0.2, 0.25) is 0 Å². The van der Waals surface area contributed by atoms with Crippen LogP contribution in [0.1, 0.15) is 12.5 Å². The summed E-state index contributed by atoms with van der Waals surface area (Å²) in [5, 5.41) is 10.6. The Kier molecular flexibility index (Phi) is 4.38. The molecule has 0 fully saturated rings. The van der Waals surface area contributed by atoms with Gasteiger partial charge in [-0.1, -0.05) is 0 Å². The van der Waals surface area contributed by atoms with Gasteiger partial charge < -0.3 is 9.47 Å². The summed E-state index contributed by atoms with van der Waals surface area (Å²) in [4.78, 5) is 25.0. The molecule has 1 rings (SSSR count). The maximum atomic E-state index is 11.3. The first-order valence-electron chi connectivity index (χ1n) is 4.91. The molecule has 0 saturated heterocycles. The van der Waals surface area contributed by atoms with Gasteiger partial charge in [-0.05, 0) is 6.92 Å². The Labute approximate surface area is 97.5 Å². The SMILES string of the molecule is CCOC(=O)Cc1cc([N+](=O)[O-])cnc1OC. The molecule has 0 aliphatic rings. The van der Waals surface area contributed by atoms with E-state index in [-0.39, 0.29) is 24.6 Å². The first-order valence-corrected chi connectivity index (χ1v) is 4.91. The van der Waals surface area contributed by atoms with E-state index in [0.29, 0.717) is 5.56 Å². The summed E-state index contributed by atoms with van der Waals surface area (Å²) >= 11 is 0. The van der Waals surface area contributed by atoms with Crippen molar-refractivity contribution in [2.24, 2.45) is 0 Å². The number of carbonyl (C=O) groups is 1. The molecule has 0 aliphatic heterocycles. The summed E-state index contributed by atoms with van der Waals surface area (Å²) in [6.45, 7) is 1.93. The van der Waals surface area contributed by atoms with Crippen molar-refractivity contribution in [1.82, 2.24) is 4.98 Å². The van der Waals surface area contributed by atoms with Crippen molar-refractivity contribution in [1.29, 1.82) is 0 Å². The maximum Gasteiger partial charge on any atom is 0.310 e. The van der Waals surface area contributed by atoms with Gasteiger partial charge >= 0.3 is 5.97 Å². The van der Waals surface area contributed by atoms with Crippen LogP contribution in [0.3, 0.4) is 0 Å². The molecule has 0 N–H and O–H groups in total. The van der Waals surface area contributed by atoms with E-state index in [2.05, 4.69) is 4.98 Å². The fraction of sp³-hybridized carbons (Fsp3) is 0.400. The minimum Gasteiger partial charge on any atom is -0.481 e. The molecule has 92 valence electrons. The van der Waals surface area contributed by atoms with E-state index in [4.69, 9.17) is 9.47 Å². The van der Waals surface area contributed by atoms with Gasteiger partial charge in [-0.25, -0.2) is 4.98 Å². The molecule has 0 spiro atoms. The van der Waals surface area contributed by atoms with Crippen molar-refractivity contribution in [3.05, 3.63) is 27.9 Å². The van der Waals surface area contributed by atoms with E-state index in [1.54, 1.807) is 6.92 Å². The zero-order valence-electron chi connectivity index (χ0n) is 9.50. The Balaban J connectivity index is 2.97. The third-order valence-corrected chi connectivity index (χ3v) is 1.96. The minimum atomic E-state index is -0.582. The van der Waals surface area contributed by atoms with Crippen LogP contribution in [-0.2, 0) is 16.0 Å². The number of ether oxygens (including phenoxy) is 2. The van der Waals surface area contributed by atoms with Crippen molar-refractivity contribution >= 4 is 11.7 Å². The third-order valence-electron chi connectivity index (χ3n) is 1.96. The van der Waals surface area contributed by atoms with Gasteiger partial charge in [0.1, 0.15) is 6.20 Å². The predicted molar refractivity (Wildman–Crippen MR) is 57.8 cm³/mol. The second-order valence-electron chi connectivity index (χ2n) is 3.10. The highest BCUT2D eigenvalue weighted by Gasteiger charge is 2.16. The molecule has 0 unspecified atom stereocenters. The smallest absolute Gasteiger partial charge is 0.310 e. The summed E-state index contributed by atoms with van der Waals surface area (Å²) in [7, 11) is 1.38. The van der Waals surface area contributed by atoms with E-state index in [9.17, 15) is 14.9 Å². The molecule has 0 radical (unpaired) electrons. The summed E-state index contributed by atoms with van der Waals surface area (Å²) in [5.74, 6) is -0.295. The van der Waals surface area contributed by atoms with E-state index in [0.717, 1.165) is 6.20 Å². The molecule has 0 amide bonds. The van der Waals surface area contributed by atoms with E-state index in [1.165, 1.54) is 13.2 Å². The number of aromatic nitrogens is 1. The number of pyridine rings is 1. The molecule has 1 heterocycles. The number of hydrogen-bond acceptors (Lipinski definition) is 6. The van der Waals surface area contributed by atoms with E-state index < -0.39 is 10.9 Å². The quantitative estimate of drug-likeness (QED) is 0.435. The predicted octanol–water partition coefficient (Wildman–Crippen LogP) is 1.10. The molecule has 17 heavy (non-hydrogen) atoms. The van der Waals surface area contributed by atoms with Crippen LogP contribution in [0.25, 0.3) is 0 Å². The minimum absolute atomic E-state index is 0.105. The van der Waals surface area contributed by atoms with Gasteiger partial charge in [-0.15, -0.1) is 0 Å². The van der Waals surface area contributed by atoms with Gasteiger partial charge in [0, 0.05) is 11.6 Å². The number of hydrogen-bond donors (Lipinski definition) is 0. The molecular weight excluding hydrogens is 228 g/mol. The monoisotopic (exact) mass is 240 g/mol. The lowest BCUT2D eigenvalue weighted by atomic mass is 10.2. The zero-order chi connectivity index (χ0) is 12.8. The van der Waals surface area contributed by atoms with Crippen LogP contribution in [-0.4, -0.2) is 29.6 Å². The lowest BCUT2D eigenvalue weighted by molar-refractivity contribution is -0.385. The molecule has 0 bridgehead atoms. The molecule has 1 aromatic rings. The number of methoxy groups -OCH3 is 1. The van der Waals surface area contributed by atoms with Crippen LogP contribution >= 0.6 is 0 Å². The van der Waals surface area contributed by atoms with Crippen LogP contribution in [0.4, 0.5) is 5.69 Å². The van der Waals surface area contributed by atoms with Gasteiger partial charge in [0.15, 0.2) is 0 Å². The Hall–Kier alpha value is -2.18. The number of rotatable bonds is 5. The van der Waals surface area contributed by atoms with Crippen molar-refractivity contribution in [3.63, 3.8) is 0 Å². The Morgan fingerprint density at radius 3 is 2.82 bits per heavy atom. The normalized spacial score (nSPS) is 9.76. The highest BCUT2D eigenvalue weighted by atomic mass is 16.6. The fourth-order valence-electron chi connectivity index (χ4n) is 1.26. The molecule has 0 aromatic carbocycles. The van der Waals surface area contributed by atoms with Crippen LogP contribution in [0, 0.1) is 10.1 Å². The molecule has 7 nitrogen and oxygen atoms in total. The average molecular weight is 240 g/mol.